The highest BCUT2D eigenvalue weighted by Gasteiger charge is 2.29. The highest BCUT2D eigenvalue weighted by molar-refractivity contribution is 5.69. The Kier molecular flexibility index (Phi) is 5.17. The molecule has 0 fully saturated rings. The monoisotopic (exact) mass is 284 g/mol. The van der Waals surface area contributed by atoms with Gasteiger partial charge in [-0.05, 0) is 11.8 Å². The molecule has 0 aliphatic carbocycles. The van der Waals surface area contributed by atoms with Crippen LogP contribution in [0.15, 0.2) is 6.33 Å². The average molecular weight is 284 g/mol. The second kappa shape index (κ2) is 6.44. The Morgan fingerprint density at radius 2 is 2.05 bits per heavy atom. The molecule has 112 valence electrons. The number of aromatic nitrogens is 2. The summed E-state index contributed by atoms with van der Waals surface area (Å²) in [7, 11) is 0. The van der Waals surface area contributed by atoms with Gasteiger partial charge in [-0.15, -0.1) is 0 Å². The van der Waals surface area contributed by atoms with E-state index in [0.717, 1.165) is 0 Å². The van der Waals surface area contributed by atoms with E-state index in [1.54, 1.807) is 0 Å². The van der Waals surface area contributed by atoms with Crippen molar-refractivity contribution in [3.05, 3.63) is 16.4 Å². The second-order valence-corrected chi connectivity index (χ2v) is 5.40. The van der Waals surface area contributed by atoms with Gasteiger partial charge in [-0.1, -0.05) is 20.8 Å². The SMILES string of the molecule is CC(C)(C)C(CCO)Nc1ncnc(NN)c1[N+](=O)[O-]. The van der Waals surface area contributed by atoms with E-state index in [9.17, 15) is 10.1 Å². The zero-order chi connectivity index (χ0) is 15.3. The first-order chi connectivity index (χ1) is 9.31. The van der Waals surface area contributed by atoms with Crippen LogP contribution < -0.4 is 16.6 Å². The molecule has 20 heavy (non-hydrogen) atoms. The number of anilines is 2. The molecular weight excluding hydrogens is 264 g/mol. The smallest absolute Gasteiger partial charge is 0.354 e. The van der Waals surface area contributed by atoms with E-state index in [1.807, 2.05) is 20.8 Å². The largest absolute Gasteiger partial charge is 0.396 e. The number of nitrogens with one attached hydrogen (secondary N) is 2. The Morgan fingerprint density at radius 1 is 1.45 bits per heavy atom. The molecule has 1 heterocycles. The molecule has 0 aliphatic heterocycles. The van der Waals surface area contributed by atoms with Crippen molar-refractivity contribution in [3.8, 4) is 0 Å². The fraction of sp³-hybridized carbons (Fsp3) is 0.636. The minimum absolute atomic E-state index is 0.0319. The lowest BCUT2D eigenvalue weighted by Crippen LogP contribution is -2.35. The van der Waals surface area contributed by atoms with Crippen LogP contribution in [-0.4, -0.2) is 32.6 Å². The standard InChI is InChI=1S/C11H20N6O3/c1-11(2,3)7(4-5-18)15-9-8(17(19)20)10(16-12)14-6-13-9/h6-7,18H,4-5,12H2,1-3H3,(H2,13,14,15,16). The van der Waals surface area contributed by atoms with Gasteiger partial charge in [0.1, 0.15) is 6.33 Å². The molecule has 1 atom stereocenters. The Bertz CT molecular complexity index is 474. The van der Waals surface area contributed by atoms with Crippen molar-refractivity contribution in [1.29, 1.82) is 0 Å². The van der Waals surface area contributed by atoms with Crippen molar-refractivity contribution in [2.75, 3.05) is 17.3 Å². The Hall–Kier alpha value is -2.00. The molecule has 9 heteroatoms. The molecule has 1 rings (SSSR count). The highest BCUT2D eigenvalue weighted by atomic mass is 16.6. The van der Waals surface area contributed by atoms with E-state index in [2.05, 4.69) is 20.7 Å². The normalized spacial score (nSPS) is 12.8. The Balaban J connectivity index is 3.16. The summed E-state index contributed by atoms with van der Waals surface area (Å²) in [4.78, 5) is 18.1. The van der Waals surface area contributed by atoms with E-state index in [-0.39, 0.29) is 35.4 Å². The molecule has 0 saturated carbocycles. The molecule has 9 nitrogen and oxygen atoms in total. The fourth-order valence-electron chi connectivity index (χ4n) is 1.78. The van der Waals surface area contributed by atoms with E-state index in [4.69, 9.17) is 10.9 Å². The first-order valence-corrected chi connectivity index (χ1v) is 6.14. The van der Waals surface area contributed by atoms with Gasteiger partial charge in [-0.2, -0.15) is 0 Å². The van der Waals surface area contributed by atoms with Crippen LogP contribution >= 0.6 is 0 Å². The third kappa shape index (κ3) is 3.75. The summed E-state index contributed by atoms with van der Waals surface area (Å²) >= 11 is 0. The molecule has 0 aromatic carbocycles. The number of aliphatic hydroxyl groups excluding tert-OH is 1. The molecule has 0 bridgehead atoms. The lowest BCUT2D eigenvalue weighted by molar-refractivity contribution is -0.383. The first-order valence-electron chi connectivity index (χ1n) is 6.14. The van der Waals surface area contributed by atoms with Crippen molar-refractivity contribution in [1.82, 2.24) is 9.97 Å². The van der Waals surface area contributed by atoms with Gasteiger partial charge in [-0.3, -0.25) is 10.1 Å². The van der Waals surface area contributed by atoms with E-state index in [0.29, 0.717) is 6.42 Å². The number of nitrogens with zero attached hydrogens (tertiary/aromatic N) is 3. The molecule has 0 radical (unpaired) electrons. The number of nitro groups is 1. The van der Waals surface area contributed by atoms with Gasteiger partial charge in [0, 0.05) is 12.6 Å². The van der Waals surface area contributed by atoms with Crippen molar-refractivity contribution in [2.24, 2.45) is 11.3 Å². The molecule has 1 aromatic rings. The molecular formula is C11H20N6O3. The van der Waals surface area contributed by atoms with Crippen LogP contribution in [0.4, 0.5) is 17.3 Å². The zero-order valence-electron chi connectivity index (χ0n) is 11.8. The van der Waals surface area contributed by atoms with Crippen LogP contribution in [0.3, 0.4) is 0 Å². The number of hydrogen-bond acceptors (Lipinski definition) is 8. The molecule has 1 unspecified atom stereocenters. The Labute approximate surface area is 116 Å². The molecule has 0 amide bonds. The summed E-state index contributed by atoms with van der Waals surface area (Å²) in [6.45, 7) is 5.87. The predicted octanol–water partition coefficient (Wildman–Crippen LogP) is 0.879. The summed E-state index contributed by atoms with van der Waals surface area (Å²) in [5.41, 5.74) is 1.65. The van der Waals surface area contributed by atoms with Crippen LogP contribution in [0.5, 0.6) is 0 Å². The van der Waals surface area contributed by atoms with Crippen LogP contribution in [-0.2, 0) is 0 Å². The minimum Gasteiger partial charge on any atom is -0.396 e. The van der Waals surface area contributed by atoms with Gasteiger partial charge >= 0.3 is 5.69 Å². The summed E-state index contributed by atoms with van der Waals surface area (Å²) in [5.74, 6) is 5.23. The van der Waals surface area contributed by atoms with Crippen LogP contribution in [0.2, 0.25) is 0 Å². The van der Waals surface area contributed by atoms with Crippen LogP contribution in [0, 0.1) is 15.5 Å². The number of rotatable bonds is 6. The summed E-state index contributed by atoms with van der Waals surface area (Å²) in [6, 6.07) is -0.188. The second-order valence-electron chi connectivity index (χ2n) is 5.40. The van der Waals surface area contributed by atoms with Crippen LogP contribution in [0.1, 0.15) is 27.2 Å². The van der Waals surface area contributed by atoms with Gasteiger partial charge in [0.25, 0.3) is 0 Å². The maximum Gasteiger partial charge on any atom is 0.354 e. The van der Waals surface area contributed by atoms with E-state index >= 15 is 0 Å². The number of aliphatic hydroxyl groups is 1. The van der Waals surface area contributed by atoms with Gasteiger partial charge < -0.3 is 15.8 Å². The predicted molar refractivity (Wildman–Crippen MR) is 75.1 cm³/mol. The van der Waals surface area contributed by atoms with Crippen molar-refractivity contribution < 1.29 is 10.0 Å². The van der Waals surface area contributed by atoms with Crippen molar-refractivity contribution >= 4 is 17.3 Å². The lowest BCUT2D eigenvalue weighted by atomic mass is 9.85. The van der Waals surface area contributed by atoms with Gasteiger partial charge in [0.05, 0.1) is 4.92 Å². The summed E-state index contributed by atoms with van der Waals surface area (Å²) < 4.78 is 0. The highest BCUT2D eigenvalue weighted by Crippen LogP contribution is 2.32. The third-order valence-corrected chi connectivity index (χ3v) is 2.92. The van der Waals surface area contributed by atoms with Gasteiger partial charge in [0.15, 0.2) is 0 Å². The minimum atomic E-state index is -0.601. The molecule has 0 saturated heterocycles. The average Bonchev–Trinajstić information content (AvgIpc) is 2.36. The molecule has 1 aromatic heterocycles. The Morgan fingerprint density at radius 3 is 2.50 bits per heavy atom. The maximum atomic E-state index is 11.1. The molecule has 0 spiro atoms. The summed E-state index contributed by atoms with van der Waals surface area (Å²) in [5, 5.41) is 23.2. The van der Waals surface area contributed by atoms with Gasteiger partial charge in [0.2, 0.25) is 11.6 Å². The number of nitrogen functional groups attached to an aromatic ring is 1. The zero-order valence-corrected chi connectivity index (χ0v) is 11.8. The number of hydrazine groups is 1. The first kappa shape index (κ1) is 16.1. The van der Waals surface area contributed by atoms with Crippen molar-refractivity contribution in [2.45, 2.75) is 33.2 Å². The summed E-state index contributed by atoms with van der Waals surface area (Å²) in [6.07, 6.45) is 1.62. The topological polar surface area (TPSA) is 139 Å². The lowest BCUT2D eigenvalue weighted by Gasteiger charge is -2.31. The molecule has 5 N–H and O–H groups in total. The fourth-order valence-corrected chi connectivity index (χ4v) is 1.78. The van der Waals surface area contributed by atoms with E-state index < -0.39 is 4.92 Å². The quantitative estimate of drug-likeness (QED) is 0.343. The number of hydrogen-bond donors (Lipinski definition) is 4. The maximum absolute atomic E-state index is 11.1. The van der Waals surface area contributed by atoms with Crippen LogP contribution in [0.25, 0.3) is 0 Å². The number of nitrogens with two attached hydrogens (primary N) is 1. The molecule has 0 aliphatic rings. The third-order valence-electron chi connectivity index (χ3n) is 2.92. The van der Waals surface area contributed by atoms with Crippen molar-refractivity contribution in [3.63, 3.8) is 0 Å². The van der Waals surface area contributed by atoms with E-state index in [1.165, 1.54) is 6.33 Å². The van der Waals surface area contributed by atoms with Gasteiger partial charge in [-0.25, -0.2) is 15.8 Å².